The monoisotopic (exact) mass is 457 g/mol. The number of aryl methyl sites for hydroxylation is 1. The Balaban J connectivity index is 1.95. The minimum atomic E-state index is -1.86. The number of anilines is 1. The number of carbonyl (C=O) groups is 4. The summed E-state index contributed by atoms with van der Waals surface area (Å²) in [6, 6.07) is 3.05. The summed E-state index contributed by atoms with van der Waals surface area (Å²) < 4.78 is 5.47. The normalized spacial score (nSPS) is 19.5. The number of carboxylic acid groups (broad SMARTS) is 1. The van der Waals surface area contributed by atoms with Crippen LogP contribution in [0.2, 0.25) is 5.02 Å². The summed E-state index contributed by atoms with van der Waals surface area (Å²) in [5.41, 5.74) is 1.32. The topological polar surface area (TPSA) is 126 Å². The van der Waals surface area contributed by atoms with Crippen molar-refractivity contribution in [3.05, 3.63) is 51.3 Å². The van der Waals surface area contributed by atoms with E-state index in [2.05, 4.69) is 10.3 Å². The van der Waals surface area contributed by atoms with Gasteiger partial charge < -0.3 is 9.84 Å². The molecule has 0 radical (unpaired) electrons. The number of hydrogen-bond donors (Lipinski definition) is 2. The number of nitrogens with one attached hydrogen (secondary N) is 1. The van der Waals surface area contributed by atoms with Gasteiger partial charge in [0.1, 0.15) is 12.3 Å². The van der Waals surface area contributed by atoms with Gasteiger partial charge in [0.05, 0.1) is 19.2 Å². The third-order valence-corrected chi connectivity index (χ3v) is 6.37. The zero-order valence-corrected chi connectivity index (χ0v) is 18.4. The third-order valence-electron chi connectivity index (χ3n) is 6.02. The van der Waals surface area contributed by atoms with Crippen molar-refractivity contribution in [3.63, 3.8) is 0 Å². The van der Waals surface area contributed by atoms with Crippen LogP contribution >= 0.6 is 11.6 Å². The molecule has 4 rings (SSSR count). The Bertz CT molecular complexity index is 1210. The van der Waals surface area contributed by atoms with Crippen molar-refractivity contribution < 1.29 is 29.0 Å². The van der Waals surface area contributed by atoms with E-state index in [-0.39, 0.29) is 22.7 Å². The summed E-state index contributed by atoms with van der Waals surface area (Å²) in [4.78, 5) is 55.4. The Morgan fingerprint density at radius 1 is 1.31 bits per heavy atom. The van der Waals surface area contributed by atoms with Crippen LogP contribution in [0.1, 0.15) is 34.4 Å². The Hall–Kier alpha value is -3.46. The Morgan fingerprint density at radius 3 is 2.62 bits per heavy atom. The van der Waals surface area contributed by atoms with Gasteiger partial charge in [-0.3, -0.25) is 34.4 Å². The summed E-state index contributed by atoms with van der Waals surface area (Å²) in [5, 5.41) is 11.8. The van der Waals surface area contributed by atoms with Crippen LogP contribution in [0, 0.1) is 13.8 Å². The largest absolute Gasteiger partial charge is 0.496 e. The minimum absolute atomic E-state index is 0.155. The molecule has 1 fully saturated rings. The number of aliphatic carboxylic acids is 1. The molecule has 9 nitrogen and oxygen atoms in total. The van der Waals surface area contributed by atoms with Crippen LogP contribution in [0.15, 0.2) is 18.3 Å². The second-order valence-electron chi connectivity index (χ2n) is 7.89. The molecule has 1 saturated heterocycles. The van der Waals surface area contributed by atoms with Crippen molar-refractivity contribution in [2.24, 2.45) is 0 Å². The standard InChI is InChI=1S/C22H20ClN3O6/c1-10-8-24-14(11(2)19(10)32-3)6-12-13(23)4-5-15-18(12)22(7-16(27)25-20(22)30)21(31)26(15)9-17(28)29/h4-5,8H,6-7,9H2,1-3H3,(H,28,29)(H,25,27,30). The van der Waals surface area contributed by atoms with Crippen LogP contribution < -0.4 is 15.0 Å². The number of ether oxygens (including phenoxy) is 1. The summed E-state index contributed by atoms with van der Waals surface area (Å²) >= 11 is 6.54. The van der Waals surface area contributed by atoms with Gasteiger partial charge in [-0.2, -0.15) is 0 Å². The average molecular weight is 458 g/mol. The number of nitrogens with zero attached hydrogens (tertiary/aromatic N) is 2. The third kappa shape index (κ3) is 3.03. The van der Waals surface area contributed by atoms with Gasteiger partial charge in [-0.15, -0.1) is 0 Å². The first-order valence-electron chi connectivity index (χ1n) is 9.80. The molecule has 0 aliphatic carbocycles. The van der Waals surface area contributed by atoms with Crippen LogP contribution in [0.5, 0.6) is 5.75 Å². The highest BCUT2D eigenvalue weighted by atomic mass is 35.5. The highest BCUT2D eigenvalue weighted by Crippen LogP contribution is 2.50. The molecule has 2 N–H and O–H groups in total. The quantitative estimate of drug-likeness (QED) is 0.516. The molecule has 1 aromatic carbocycles. The lowest BCUT2D eigenvalue weighted by Crippen LogP contribution is -2.47. The number of benzene rings is 1. The SMILES string of the molecule is COc1c(C)cnc(Cc2c(Cl)ccc3c2C2(CC(=O)NC2=O)C(=O)N3CC(=O)O)c1C. The van der Waals surface area contributed by atoms with Crippen LogP contribution in [-0.4, -0.2) is 47.4 Å². The van der Waals surface area contributed by atoms with Crippen molar-refractivity contribution in [2.75, 3.05) is 18.6 Å². The fraction of sp³-hybridized carbons (Fsp3) is 0.318. The van der Waals surface area contributed by atoms with E-state index in [0.29, 0.717) is 17.0 Å². The van der Waals surface area contributed by atoms with Gasteiger partial charge >= 0.3 is 5.97 Å². The van der Waals surface area contributed by atoms with Gasteiger partial charge in [0, 0.05) is 40.0 Å². The molecule has 1 spiro atoms. The maximum absolute atomic E-state index is 13.4. The fourth-order valence-electron chi connectivity index (χ4n) is 4.61. The lowest BCUT2D eigenvalue weighted by Gasteiger charge is -2.22. The Morgan fingerprint density at radius 2 is 2.03 bits per heavy atom. The highest BCUT2D eigenvalue weighted by molar-refractivity contribution is 6.34. The number of rotatable bonds is 5. The number of pyridine rings is 1. The van der Waals surface area contributed by atoms with Crippen molar-refractivity contribution in [3.8, 4) is 5.75 Å². The van der Waals surface area contributed by atoms with E-state index in [4.69, 9.17) is 16.3 Å². The summed E-state index contributed by atoms with van der Waals surface area (Å²) in [7, 11) is 1.55. The van der Waals surface area contributed by atoms with Crippen molar-refractivity contribution in [2.45, 2.75) is 32.1 Å². The molecule has 10 heteroatoms. The van der Waals surface area contributed by atoms with E-state index < -0.39 is 42.1 Å². The molecular formula is C22H20ClN3O6. The zero-order chi connectivity index (χ0) is 23.4. The minimum Gasteiger partial charge on any atom is -0.496 e. The lowest BCUT2D eigenvalue weighted by atomic mass is 9.76. The van der Waals surface area contributed by atoms with E-state index in [1.54, 1.807) is 19.4 Å². The van der Waals surface area contributed by atoms with Crippen LogP contribution in [0.25, 0.3) is 0 Å². The molecule has 2 aliphatic heterocycles. The summed E-state index contributed by atoms with van der Waals surface area (Å²) in [6.45, 7) is 3.06. The predicted molar refractivity (Wildman–Crippen MR) is 114 cm³/mol. The Labute approximate surface area is 188 Å². The van der Waals surface area contributed by atoms with E-state index in [1.165, 1.54) is 6.07 Å². The highest BCUT2D eigenvalue weighted by Gasteiger charge is 2.62. The first-order chi connectivity index (χ1) is 15.1. The smallest absolute Gasteiger partial charge is 0.323 e. The number of hydrogen-bond acceptors (Lipinski definition) is 6. The molecule has 0 saturated carbocycles. The van der Waals surface area contributed by atoms with Gasteiger partial charge in [-0.05, 0) is 31.5 Å². The maximum Gasteiger partial charge on any atom is 0.323 e. The molecule has 166 valence electrons. The number of carbonyl (C=O) groups excluding carboxylic acids is 3. The maximum atomic E-state index is 13.4. The van der Waals surface area contributed by atoms with Crippen molar-refractivity contribution in [1.29, 1.82) is 0 Å². The number of imide groups is 1. The number of amides is 3. The van der Waals surface area contributed by atoms with Crippen molar-refractivity contribution in [1.82, 2.24) is 10.3 Å². The van der Waals surface area contributed by atoms with Gasteiger partial charge in [0.15, 0.2) is 5.41 Å². The zero-order valence-electron chi connectivity index (χ0n) is 17.6. The molecule has 32 heavy (non-hydrogen) atoms. The first-order valence-corrected chi connectivity index (χ1v) is 10.2. The molecule has 2 aromatic rings. The molecule has 0 bridgehead atoms. The van der Waals surface area contributed by atoms with Crippen molar-refractivity contribution >= 4 is 41.0 Å². The number of carboxylic acids is 1. The molecule has 1 aromatic heterocycles. The summed E-state index contributed by atoms with van der Waals surface area (Å²) in [5.74, 6) is -2.73. The van der Waals surface area contributed by atoms with E-state index in [1.807, 2.05) is 13.8 Å². The average Bonchev–Trinajstić information content (AvgIpc) is 3.14. The number of aromatic nitrogens is 1. The summed E-state index contributed by atoms with van der Waals surface area (Å²) in [6.07, 6.45) is 1.40. The second-order valence-corrected chi connectivity index (χ2v) is 8.29. The van der Waals surface area contributed by atoms with E-state index in [9.17, 15) is 24.3 Å². The molecular weight excluding hydrogens is 438 g/mol. The number of halogens is 1. The van der Waals surface area contributed by atoms with Crippen LogP contribution in [0.4, 0.5) is 5.69 Å². The van der Waals surface area contributed by atoms with Gasteiger partial charge in [-0.25, -0.2) is 0 Å². The Kier molecular flexibility index (Phi) is 5.16. The molecule has 1 unspecified atom stereocenters. The number of methoxy groups -OCH3 is 1. The lowest BCUT2D eigenvalue weighted by molar-refractivity contribution is -0.138. The second kappa shape index (κ2) is 7.59. The molecule has 3 amide bonds. The van der Waals surface area contributed by atoms with E-state index in [0.717, 1.165) is 16.0 Å². The van der Waals surface area contributed by atoms with Crippen LogP contribution in [-0.2, 0) is 31.0 Å². The number of fused-ring (bicyclic) bond motifs is 2. The van der Waals surface area contributed by atoms with Gasteiger partial charge in [0.25, 0.3) is 0 Å². The predicted octanol–water partition coefficient (Wildman–Crippen LogP) is 1.67. The van der Waals surface area contributed by atoms with Gasteiger partial charge in [0.2, 0.25) is 17.7 Å². The molecule has 2 aliphatic rings. The molecule has 1 atom stereocenters. The molecule has 3 heterocycles. The van der Waals surface area contributed by atoms with Gasteiger partial charge in [-0.1, -0.05) is 11.6 Å². The van der Waals surface area contributed by atoms with Crippen LogP contribution in [0.3, 0.4) is 0 Å². The fourth-order valence-corrected chi connectivity index (χ4v) is 4.84. The first kappa shape index (κ1) is 21.8. The van der Waals surface area contributed by atoms with E-state index >= 15 is 0 Å².